The minimum atomic E-state index is -0.850. The van der Waals surface area contributed by atoms with Crippen LogP contribution in [0.1, 0.15) is 45.9 Å². The predicted octanol–water partition coefficient (Wildman–Crippen LogP) is 4.55. The molecule has 0 saturated carbocycles. The third-order valence-corrected chi connectivity index (χ3v) is 6.82. The molecular weight excluding hydrogens is 433 g/mol. The maximum atomic E-state index is 14.3. The normalized spacial score (nSPS) is 19.9. The average Bonchev–Trinajstić information content (AvgIpc) is 3.27. The van der Waals surface area contributed by atoms with Crippen LogP contribution in [0.25, 0.3) is 10.9 Å². The molecule has 1 fully saturated rings. The number of carbonyl (C=O) groups is 1. The quantitative estimate of drug-likeness (QED) is 0.558. The highest BCUT2D eigenvalue weighted by Crippen LogP contribution is 2.35. The molecule has 3 aromatic rings. The van der Waals surface area contributed by atoms with Gasteiger partial charge in [0.1, 0.15) is 11.9 Å². The molecule has 1 aliphatic heterocycles. The van der Waals surface area contributed by atoms with Gasteiger partial charge in [0.25, 0.3) is 0 Å². The lowest BCUT2D eigenvalue weighted by Crippen LogP contribution is -2.36. The van der Waals surface area contributed by atoms with Crippen LogP contribution in [0, 0.1) is 6.92 Å². The minimum absolute atomic E-state index is 0.0155. The largest absolute Gasteiger partial charge is 0.496 e. The van der Waals surface area contributed by atoms with Crippen LogP contribution in [0.2, 0.25) is 0 Å². The molecule has 0 radical (unpaired) electrons. The second-order valence-electron chi connectivity index (χ2n) is 9.06. The third-order valence-electron chi connectivity index (χ3n) is 6.82. The molecule has 1 aliphatic rings. The van der Waals surface area contributed by atoms with E-state index in [-0.39, 0.29) is 12.0 Å². The number of methoxy groups -OCH3 is 2. The number of aryl methyl sites for hydroxylation is 2. The van der Waals surface area contributed by atoms with Crippen LogP contribution in [0.4, 0.5) is 4.39 Å². The number of hydrogen-bond donors (Lipinski definition) is 1. The topological polar surface area (TPSA) is 55.7 Å². The lowest BCUT2D eigenvalue weighted by molar-refractivity contribution is 0.0600. The zero-order chi connectivity index (χ0) is 24.2. The first kappa shape index (κ1) is 24.2. The predicted molar refractivity (Wildman–Crippen MR) is 132 cm³/mol. The molecule has 1 unspecified atom stereocenters. The van der Waals surface area contributed by atoms with Gasteiger partial charge in [0.15, 0.2) is 0 Å². The number of alkyl halides is 1. The smallest absolute Gasteiger partial charge is 0.337 e. The summed E-state index contributed by atoms with van der Waals surface area (Å²) in [5.41, 5.74) is 5.10. The Morgan fingerprint density at radius 1 is 1.18 bits per heavy atom. The van der Waals surface area contributed by atoms with Gasteiger partial charge in [-0.1, -0.05) is 12.1 Å². The Kier molecular flexibility index (Phi) is 7.54. The second kappa shape index (κ2) is 10.6. The maximum Gasteiger partial charge on any atom is 0.337 e. The van der Waals surface area contributed by atoms with E-state index in [0.29, 0.717) is 31.6 Å². The van der Waals surface area contributed by atoms with Crippen molar-refractivity contribution in [3.05, 3.63) is 64.8 Å². The summed E-state index contributed by atoms with van der Waals surface area (Å²) in [4.78, 5) is 14.3. The Morgan fingerprint density at radius 2 is 1.94 bits per heavy atom. The summed E-state index contributed by atoms with van der Waals surface area (Å²) in [6.45, 7) is 4.50. The number of esters is 1. The number of aromatic nitrogens is 1. The van der Waals surface area contributed by atoms with E-state index < -0.39 is 6.17 Å². The van der Waals surface area contributed by atoms with E-state index in [1.54, 1.807) is 19.2 Å². The molecule has 1 N–H and O–H groups in total. The first-order chi connectivity index (χ1) is 16.4. The Hall–Kier alpha value is -2.90. The summed E-state index contributed by atoms with van der Waals surface area (Å²) in [5, 5.41) is 4.50. The van der Waals surface area contributed by atoms with Gasteiger partial charge < -0.3 is 19.4 Å². The van der Waals surface area contributed by atoms with Crippen LogP contribution < -0.4 is 10.1 Å². The number of benzene rings is 2. The molecule has 6 nitrogen and oxygen atoms in total. The molecule has 2 aromatic carbocycles. The van der Waals surface area contributed by atoms with E-state index in [1.165, 1.54) is 23.6 Å². The summed E-state index contributed by atoms with van der Waals surface area (Å²) in [7, 11) is 5.15. The van der Waals surface area contributed by atoms with Gasteiger partial charge in [0.05, 0.1) is 25.3 Å². The summed E-state index contributed by atoms with van der Waals surface area (Å²) >= 11 is 0. The van der Waals surface area contributed by atoms with Crippen molar-refractivity contribution in [3.63, 3.8) is 0 Å². The van der Waals surface area contributed by atoms with E-state index in [4.69, 9.17) is 9.47 Å². The van der Waals surface area contributed by atoms with Gasteiger partial charge >= 0.3 is 5.97 Å². The van der Waals surface area contributed by atoms with Crippen molar-refractivity contribution >= 4 is 16.9 Å². The molecule has 7 heteroatoms. The highest BCUT2D eigenvalue weighted by Gasteiger charge is 2.26. The molecular formula is C27H34FN3O3. The SMILES string of the molecule is COC(=O)c1ccc(C2CNC[C@@H](F)CCCN2Cc2c(OC)cc(C)c3c2ccn3C)cc1. The van der Waals surface area contributed by atoms with Crippen LogP contribution in [0.15, 0.2) is 42.6 Å². The third kappa shape index (κ3) is 4.95. The molecule has 4 rings (SSSR count). The molecule has 0 bridgehead atoms. The Balaban J connectivity index is 1.73. The molecule has 1 saturated heterocycles. The summed E-state index contributed by atoms with van der Waals surface area (Å²) in [5.74, 6) is 0.513. The van der Waals surface area contributed by atoms with Crippen molar-refractivity contribution in [1.29, 1.82) is 0 Å². The molecule has 0 amide bonds. The van der Waals surface area contributed by atoms with Crippen LogP contribution in [-0.2, 0) is 18.3 Å². The zero-order valence-corrected chi connectivity index (χ0v) is 20.4. The van der Waals surface area contributed by atoms with Gasteiger partial charge in [-0.15, -0.1) is 0 Å². The van der Waals surface area contributed by atoms with E-state index in [0.717, 1.165) is 29.8 Å². The van der Waals surface area contributed by atoms with E-state index >= 15 is 0 Å². The average molecular weight is 468 g/mol. The van der Waals surface area contributed by atoms with E-state index in [2.05, 4.69) is 47.1 Å². The van der Waals surface area contributed by atoms with Crippen LogP contribution in [0.3, 0.4) is 0 Å². The van der Waals surface area contributed by atoms with Gasteiger partial charge in [-0.2, -0.15) is 0 Å². The number of carbonyl (C=O) groups excluding carboxylic acids is 1. The molecule has 2 atom stereocenters. The van der Waals surface area contributed by atoms with Crippen LogP contribution >= 0.6 is 0 Å². The number of hydrogen-bond acceptors (Lipinski definition) is 5. The number of fused-ring (bicyclic) bond motifs is 1. The number of rotatable bonds is 5. The lowest BCUT2D eigenvalue weighted by Gasteiger charge is -2.33. The van der Waals surface area contributed by atoms with Gasteiger partial charge in [-0.05, 0) is 61.7 Å². The Labute approximate surface area is 200 Å². The number of ether oxygens (including phenoxy) is 2. The Morgan fingerprint density at radius 3 is 2.65 bits per heavy atom. The highest BCUT2D eigenvalue weighted by molar-refractivity contribution is 5.89. The van der Waals surface area contributed by atoms with Gasteiger partial charge in [0.2, 0.25) is 0 Å². The zero-order valence-electron chi connectivity index (χ0n) is 20.4. The number of halogens is 1. The lowest BCUT2D eigenvalue weighted by atomic mass is 10.00. The van der Waals surface area contributed by atoms with Crippen molar-refractivity contribution in [2.75, 3.05) is 33.9 Å². The van der Waals surface area contributed by atoms with Crippen molar-refractivity contribution in [2.24, 2.45) is 7.05 Å². The van der Waals surface area contributed by atoms with Crippen molar-refractivity contribution < 1.29 is 18.7 Å². The summed E-state index contributed by atoms with van der Waals surface area (Å²) in [6, 6.07) is 11.8. The van der Waals surface area contributed by atoms with Crippen molar-refractivity contribution in [2.45, 2.75) is 38.5 Å². The fourth-order valence-electron chi connectivity index (χ4n) is 5.05. The standard InChI is InChI=1S/C27H34FN3O3/c1-18-14-25(33-3)23(22-11-13-30(2)26(18)22)17-31-12-5-6-21(28)15-29-16-24(31)19-7-9-20(10-8-19)27(32)34-4/h7-11,13-14,21,24,29H,5-6,12,15-17H2,1-4H3/t21-,24?/m0/s1. The monoisotopic (exact) mass is 467 g/mol. The van der Waals surface area contributed by atoms with Crippen molar-refractivity contribution in [1.82, 2.24) is 14.8 Å². The first-order valence-electron chi connectivity index (χ1n) is 11.8. The van der Waals surface area contributed by atoms with Crippen LogP contribution in [-0.4, -0.2) is 55.5 Å². The molecule has 182 valence electrons. The molecule has 0 aliphatic carbocycles. The fraction of sp³-hybridized carbons (Fsp3) is 0.444. The molecule has 1 aromatic heterocycles. The summed E-state index contributed by atoms with van der Waals surface area (Å²) < 4.78 is 27.1. The summed E-state index contributed by atoms with van der Waals surface area (Å²) in [6.07, 6.45) is 2.53. The number of nitrogens with one attached hydrogen (secondary N) is 1. The molecule has 2 heterocycles. The molecule has 34 heavy (non-hydrogen) atoms. The second-order valence-corrected chi connectivity index (χ2v) is 9.06. The number of nitrogens with zero attached hydrogens (tertiary/aromatic N) is 2. The van der Waals surface area contributed by atoms with Gasteiger partial charge in [0, 0.05) is 49.9 Å². The van der Waals surface area contributed by atoms with Crippen molar-refractivity contribution in [3.8, 4) is 5.75 Å². The van der Waals surface area contributed by atoms with Gasteiger partial charge in [-0.3, -0.25) is 4.90 Å². The molecule has 0 spiro atoms. The van der Waals surface area contributed by atoms with E-state index in [1.807, 2.05) is 12.1 Å². The Bertz CT molecular complexity index is 1140. The minimum Gasteiger partial charge on any atom is -0.496 e. The van der Waals surface area contributed by atoms with E-state index in [9.17, 15) is 9.18 Å². The fourth-order valence-corrected chi connectivity index (χ4v) is 5.05. The highest BCUT2D eigenvalue weighted by atomic mass is 19.1. The first-order valence-corrected chi connectivity index (χ1v) is 11.8. The van der Waals surface area contributed by atoms with Gasteiger partial charge in [-0.25, -0.2) is 9.18 Å². The maximum absolute atomic E-state index is 14.3. The van der Waals surface area contributed by atoms with Crippen LogP contribution in [0.5, 0.6) is 5.75 Å².